The van der Waals surface area contributed by atoms with Gasteiger partial charge in [0.2, 0.25) is 0 Å². The van der Waals surface area contributed by atoms with Crippen LogP contribution in [0.4, 0.5) is 5.82 Å². The molecule has 1 N–H and O–H groups in total. The van der Waals surface area contributed by atoms with Crippen LogP contribution in [0, 0.1) is 0 Å². The highest BCUT2D eigenvalue weighted by Gasteiger charge is 2.12. The lowest BCUT2D eigenvalue weighted by molar-refractivity contribution is 0.584. The summed E-state index contributed by atoms with van der Waals surface area (Å²) in [4.78, 5) is 15.3. The molecule has 92 valence electrons. The zero-order valence-corrected chi connectivity index (χ0v) is 10.1. The predicted octanol–water partition coefficient (Wildman–Crippen LogP) is 0.948. The van der Waals surface area contributed by atoms with E-state index in [9.17, 15) is 0 Å². The molecule has 0 aromatic carbocycles. The largest absolute Gasteiger partial charge is 0.353 e. The molecule has 3 heterocycles. The summed E-state index contributed by atoms with van der Waals surface area (Å²) in [5.74, 6) is 0.942. The Bertz CT molecular complexity index is 508. The molecule has 0 radical (unpaired) electrons. The van der Waals surface area contributed by atoms with Crippen LogP contribution in [0.1, 0.15) is 0 Å². The highest BCUT2D eigenvalue weighted by Crippen LogP contribution is 2.18. The van der Waals surface area contributed by atoms with Crippen molar-refractivity contribution < 1.29 is 0 Å². The summed E-state index contributed by atoms with van der Waals surface area (Å²) in [7, 11) is 0. The summed E-state index contributed by atoms with van der Waals surface area (Å²) in [6.45, 7) is 3.95. The van der Waals surface area contributed by atoms with Gasteiger partial charge in [-0.2, -0.15) is 0 Å². The zero-order chi connectivity index (χ0) is 12.2. The van der Waals surface area contributed by atoms with Gasteiger partial charge in [0.25, 0.3) is 0 Å². The first-order valence-electron chi connectivity index (χ1n) is 6.11. The van der Waals surface area contributed by atoms with Crippen molar-refractivity contribution in [1.29, 1.82) is 0 Å². The standard InChI is InChI=1S/C13H15N5/c1-2-11(8-15-3-1)12-9-16-10-13(17-12)18-6-4-14-5-7-18/h1-3,8-10,14H,4-7H2. The summed E-state index contributed by atoms with van der Waals surface area (Å²) >= 11 is 0. The van der Waals surface area contributed by atoms with Crippen LogP contribution in [0.2, 0.25) is 0 Å². The summed E-state index contributed by atoms with van der Waals surface area (Å²) in [5.41, 5.74) is 1.88. The maximum absolute atomic E-state index is 4.66. The van der Waals surface area contributed by atoms with Gasteiger partial charge < -0.3 is 10.2 Å². The Hall–Kier alpha value is -2.01. The summed E-state index contributed by atoms with van der Waals surface area (Å²) in [5, 5.41) is 3.33. The van der Waals surface area contributed by atoms with Crippen molar-refractivity contribution in [1.82, 2.24) is 20.3 Å². The van der Waals surface area contributed by atoms with Crippen molar-refractivity contribution in [2.75, 3.05) is 31.1 Å². The molecular formula is C13H15N5. The monoisotopic (exact) mass is 241 g/mol. The number of piperazine rings is 1. The van der Waals surface area contributed by atoms with E-state index in [1.807, 2.05) is 24.5 Å². The van der Waals surface area contributed by atoms with Gasteiger partial charge >= 0.3 is 0 Å². The van der Waals surface area contributed by atoms with Crippen molar-refractivity contribution in [3.8, 4) is 11.3 Å². The van der Waals surface area contributed by atoms with Crippen molar-refractivity contribution in [3.05, 3.63) is 36.9 Å². The van der Waals surface area contributed by atoms with Gasteiger partial charge in [0.1, 0.15) is 5.82 Å². The minimum atomic E-state index is 0.874. The Kier molecular flexibility index (Phi) is 3.14. The lowest BCUT2D eigenvalue weighted by Crippen LogP contribution is -2.43. The Labute approximate surface area is 106 Å². The fourth-order valence-electron chi connectivity index (χ4n) is 2.06. The van der Waals surface area contributed by atoms with E-state index in [1.54, 1.807) is 12.4 Å². The SMILES string of the molecule is c1cncc(-c2cncc(N3CCNCC3)n2)c1. The second-order valence-electron chi connectivity index (χ2n) is 4.24. The number of hydrogen-bond acceptors (Lipinski definition) is 5. The van der Waals surface area contributed by atoms with Gasteiger partial charge in [0, 0.05) is 44.1 Å². The fourth-order valence-corrected chi connectivity index (χ4v) is 2.06. The van der Waals surface area contributed by atoms with E-state index in [1.165, 1.54) is 0 Å². The number of aromatic nitrogens is 3. The molecule has 1 fully saturated rings. The van der Waals surface area contributed by atoms with Crippen LogP contribution in [0.5, 0.6) is 0 Å². The molecule has 0 saturated carbocycles. The third kappa shape index (κ3) is 2.31. The number of nitrogens with one attached hydrogen (secondary N) is 1. The van der Waals surface area contributed by atoms with Crippen LogP contribution in [-0.4, -0.2) is 41.1 Å². The minimum Gasteiger partial charge on any atom is -0.353 e. The van der Waals surface area contributed by atoms with Gasteiger partial charge in [-0.15, -0.1) is 0 Å². The smallest absolute Gasteiger partial charge is 0.147 e. The average Bonchev–Trinajstić information content (AvgIpc) is 2.49. The predicted molar refractivity (Wildman–Crippen MR) is 70.3 cm³/mol. The van der Waals surface area contributed by atoms with E-state index < -0.39 is 0 Å². The maximum Gasteiger partial charge on any atom is 0.147 e. The second kappa shape index (κ2) is 5.10. The second-order valence-corrected chi connectivity index (χ2v) is 4.24. The quantitative estimate of drug-likeness (QED) is 0.848. The lowest BCUT2D eigenvalue weighted by atomic mass is 10.2. The number of hydrogen-bond donors (Lipinski definition) is 1. The molecule has 1 saturated heterocycles. The first-order chi connectivity index (χ1) is 8.93. The third-order valence-electron chi connectivity index (χ3n) is 3.02. The number of nitrogens with zero attached hydrogens (tertiary/aromatic N) is 4. The van der Waals surface area contributed by atoms with E-state index in [0.29, 0.717) is 0 Å². The number of pyridine rings is 1. The molecule has 1 aliphatic heterocycles. The van der Waals surface area contributed by atoms with Crippen molar-refractivity contribution in [3.63, 3.8) is 0 Å². The molecule has 1 aliphatic rings. The van der Waals surface area contributed by atoms with Crippen molar-refractivity contribution in [2.24, 2.45) is 0 Å². The van der Waals surface area contributed by atoms with E-state index in [4.69, 9.17) is 0 Å². The molecule has 0 unspecified atom stereocenters. The minimum absolute atomic E-state index is 0.874. The van der Waals surface area contributed by atoms with Gasteiger partial charge in [-0.1, -0.05) is 0 Å². The van der Waals surface area contributed by atoms with Gasteiger partial charge in [0.05, 0.1) is 18.1 Å². The van der Waals surface area contributed by atoms with Gasteiger partial charge in [-0.05, 0) is 12.1 Å². The normalized spacial score (nSPS) is 15.7. The Morgan fingerprint density at radius 1 is 1.06 bits per heavy atom. The van der Waals surface area contributed by atoms with Crippen LogP contribution < -0.4 is 10.2 Å². The van der Waals surface area contributed by atoms with E-state index >= 15 is 0 Å². The van der Waals surface area contributed by atoms with Gasteiger partial charge in [-0.25, -0.2) is 4.98 Å². The number of rotatable bonds is 2. The van der Waals surface area contributed by atoms with Crippen LogP contribution in [0.15, 0.2) is 36.9 Å². The molecule has 0 aliphatic carbocycles. The maximum atomic E-state index is 4.66. The molecule has 3 rings (SSSR count). The summed E-state index contributed by atoms with van der Waals surface area (Å²) in [6, 6.07) is 3.91. The molecule has 0 amide bonds. The van der Waals surface area contributed by atoms with E-state index in [-0.39, 0.29) is 0 Å². The molecule has 0 spiro atoms. The Morgan fingerprint density at radius 2 is 1.94 bits per heavy atom. The Balaban J connectivity index is 1.89. The Morgan fingerprint density at radius 3 is 2.72 bits per heavy atom. The molecule has 5 heteroatoms. The molecule has 5 nitrogen and oxygen atoms in total. The van der Waals surface area contributed by atoms with E-state index in [0.717, 1.165) is 43.3 Å². The molecular weight excluding hydrogens is 226 g/mol. The van der Waals surface area contributed by atoms with Crippen LogP contribution in [-0.2, 0) is 0 Å². The molecule has 0 atom stereocenters. The number of anilines is 1. The molecule has 2 aromatic rings. The highest BCUT2D eigenvalue weighted by molar-refractivity contribution is 5.58. The molecule has 0 bridgehead atoms. The first kappa shape index (κ1) is 11.1. The third-order valence-corrected chi connectivity index (χ3v) is 3.02. The average molecular weight is 241 g/mol. The van der Waals surface area contributed by atoms with Crippen LogP contribution >= 0.6 is 0 Å². The fraction of sp³-hybridized carbons (Fsp3) is 0.308. The summed E-state index contributed by atoms with van der Waals surface area (Å²) in [6.07, 6.45) is 7.18. The highest BCUT2D eigenvalue weighted by atomic mass is 15.2. The van der Waals surface area contributed by atoms with Gasteiger partial charge in [-0.3, -0.25) is 9.97 Å². The summed E-state index contributed by atoms with van der Waals surface area (Å²) < 4.78 is 0. The van der Waals surface area contributed by atoms with Crippen molar-refractivity contribution in [2.45, 2.75) is 0 Å². The first-order valence-corrected chi connectivity index (χ1v) is 6.11. The molecule has 2 aromatic heterocycles. The van der Waals surface area contributed by atoms with E-state index in [2.05, 4.69) is 25.2 Å². The lowest BCUT2D eigenvalue weighted by Gasteiger charge is -2.28. The van der Waals surface area contributed by atoms with Crippen LogP contribution in [0.25, 0.3) is 11.3 Å². The van der Waals surface area contributed by atoms with Gasteiger partial charge in [0.15, 0.2) is 0 Å². The zero-order valence-electron chi connectivity index (χ0n) is 10.1. The van der Waals surface area contributed by atoms with Crippen molar-refractivity contribution >= 4 is 5.82 Å². The van der Waals surface area contributed by atoms with Crippen LogP contribution in [0.3, 0.4) is 0 Å². The molecule has 18 heavy (non-hydrogen) atoms. The topological polar surface area (TPSA) is 53.9 Å².